The van der Waals surface area contributed by atoms with Gasteiger partial charge in [-0.15, -0.1) is 0 Å². The number of aliphatic hydroxyl groups excluding tert-OH is 1. The third-order valence-electron chi connectivity index (χ3n) is 3.69. The first-order chi connectivity index (χ1) is 9.95. The summed E-state index contributed by atoms with van der Waals surface area (Å²) in [4.78, 5) is 4.27. The fraction of sp³-hybridized carbons (Fsp3) is 0.529. The minimum atomic E-state index is -0.429. The fourth-order valence-corrected chi connectivity index (χ4v) is 2.43. The Balaban J connectivity index is 1.99. The molecule has 1 N–H and O–H groups in total. The molecule has 0 saturated heterocycles. The van der Waals surface area contributed by atoms with Crippen molar-refractivity contribution in [2.24, 2.45) is 5.92 Å². The van der Waals surface area contributed by atoms with Crippen LogP contribution in [0, 0.1) is 19.8 Å². The lowest BCUT2D eigenvalue weighted by Gasteiger charge is -2.13. The van der Waals surface area contributed by atoms with E-state index in [0.29, 0.717) is 18.8 Å². The number of hydrogen-bond donors (Lipinski definition) is 1. The van der Waals surface area contributed by atoms with Crippen LogP contribution in [0.5, 0.6) is 0 Å². The second kappa shape index (κ2) is 6.85. The first-order valence-electron chi connectivity index (χ1n) is 7.56. The third kappa shape index (κ3) is 4.39. The Labute approximate surface area is 126 Å². The number of nitrogens with zero attached hydrogens (tertiary/aromatic N) is 3. The molecule has 4 heteroatoms. The largest absolute Gasteiger partial charge is 0.392 e. The van der Waals surface area contributed by atoms with Gasteiger partial charge in [-0.2, -0.15) is 5.10 Å². The van der Waals surface area contributed by atoms with E-state index in [1.807, 2.05) is 4.68 Å². The molecule has 0 aliphatic heterocycles. The molecule has 114 valence electrons. The molecule has 1 unspecified atom stereocenters. The van der Waals surface area contributed by atoms with E-state index >= 15 is 0 Å². The maximum atomic E-state index is 10.3. The molecule has 0 radical (unpaired) electrons. The van der Waals surface area contributed by atoms with Crippen LogP contribution < -0.4 is 0 Å². The first-order valence-corrected chi connectivity index (χ1v) is 7.56. The Kier molecular flexibility index (Phi) is 5.12. The van der Waals surface area contributed by atoms with Crippen LogP contribution in [0.25, 0.3) is 0 Å². The van der Waals surface area contributed by atoms with Crippen molar-refractivity contribution in [1.29, 1.82) is 0 Å². The quantitative estimate of drug-likeness (QED) is 0.888. The minimum Gasteiger partial charge on any atom is -0.392 e. The lowest BCUT2D eigenvalue weighted by atomic mass is 10.0. The second-order valence-electron chi connectivity index (χ2n) is 6.23. The van der Waals surface area contributed by atoms with Crippen molar-refractivity contribution in [2.75, 3.05) is 0 Å². The van der Waals surface area contributed by atoms with Crippen molar-refractivity contribution in [3.05, 3.63) is 47.0 Å². The number of benzene rings is 1. The molecule has 0 saturated carbocycles. The Bertz CT molecular complexity index is 589. The van der Waals surface area contributed by atoms with E-state index < -0.39 is 6.10 Å². The molecular weight excluding hydrogens is 262 g/mol. The molecule has 0 spiro atoms. The van der Waals surface area contributed by atoms with E-state index in [2.05, 4.69) is 56.0 Å². The molecule has 1 aromatic carbocycles. The average molecular weight is 287 g/mol. The van der Waals surface area contributed by atoms with E-state index in [9.17, 15) is 5.11 Å². The summed E-state index contributed by atoms with van der Waals surface area (Å²) >= 11 is 0. The van der Waals surface area contributed by atoms with Gasteiger partial charge in [-0.1, -0.05) is 32.0 Å². The standard InChI is InChI=1S/C17H25N3O/c1-12(2)10-20-17(18-11-19-20)9-16(21)8-15-6-5-13(3)14(4)7-15/h5-7,11-12,16,21H,8-10H2,1-4H3. The number of aliphatic hydroxyl groups is 1. The van der Waals surface area contributed by atoms with E-state index in [1.54, 1.807) is 6.33 Å². The molecular formula is C17H25N3O. The van der Waals surface area contributed by atoms with Gasteiger partial charge in [0.25, 0.3) is 0 Å². The van der Waals surface area contributed by atoms with Gasteiger partial charge in [0, 0.05) is 13.0 Å². The monoisotopic (exact) mass is 287 g/mol. The van der Waals surface area contributed by atoms with E-state index in [0.717, 1.165) is 12.4 Å². The van der Waals surface area contributed by atoms with Crippen molar-refractivity contribution >= 4 is 0 Å². The van der Waals surface area contributed by atoms with Gasteiger partial charge in [0.2, 0.25) is 0 Å². The smallest absolute Gasteiger partial charge is 0.138 e. The zero-order valence-corrected chi connectivity index (χ0v) is 13.4. The van der Waals surface area contributed by atoms with Crippen molar-refractivity contribution in [2.45, 2.75) is 53.2 Å². The molecule has 0 amide bonds. The van der Waals surface area contributed by atoms with Crippen molar-refractivity contribution in [3.8, 4) is 0 Å². The summed E-state index contributed by atoms with van der Waals surface area (Å²) < 4.78 is 1.90. The van der Waals surface area contributed by atoms with Crippen LogP contribution in [0.1, 0.15) is 36.4 Å². The Hall–Kier alpha value is -1.68. The SMILES string of the molecule is Cc1ccc(CC(O)Cc2ncnn2CC(C)C)cc1C. The van der Waals surface area contributed by atoms with Gasteiger partial charge in [0.1, 0.15) is 12.2 Å². The van der Waals surface area contributed by atoms with Gasteiger partial charge >= 0.3 is 0 Å². The highest BCUT2D eigenvalue weighted by atomic mass is 16.3. The Morgan fingerprint density at radius 2 is 1.90 bits per heavy atom. The highest BCUT2D eigenvalue weighted by Crippen LogP contribution is 2.13. The van der Waals surface area contributed by atoms with Crippen LogP contribution >= 0.6 is 0 Å². The predicted octanol–water partition coefficient (Wildman–Crippen LogP) is 2.70. The summed E-state index contributed by atoms with van der Waals surface area (Å²) in [6.07, 6.45) is 2.33. The molecule has 0 bridgehead atoms. The lowest BCUT2D eigenvalue weighted by Crippen LogP contribution is -2.19. The van der Waals surface area contributed by atoms with Gasteiger partial charge in [-0.3, -0.25) is 0 Å². The minimum absolute atomic E-state index is 0.429. The van der Waals surface area contributed by atoms with Gasteiger partial charge < -0.3 is 5.11 Å². The maximum absolute atomic E-state index is 10.3. The van der Waals surface area contributed by atoms with E-state index in [1.165, 1.54) is 16.7 Å². The highest BCUT2D eigenvalue weighted by Gasteiger charge is 2.13. The number of hydrogen-bond acceptors (Lipinski definition) is 3. The summed E-state index contributed by atoms with van der Waals surface area (Å²) in [7, 11) is 0. The average Bonchev–Trinajstić information content (AvgIpc) is 2.80. The summed E-state index contributed by atoms with van der Waals surface area (Å²) in [5.41, 5.74) is 3.72. The van der Waals surface area contributed by atoms with Crippen LogP contribution in [-0.2, 0) is 19.4 Å². The van der Waals surface area contributed by atoms with Crippen LogP contribution in [0.3, 0.4) is 0 Å². The number of aromatic nitrogens is 3. The van der Waals surface area contributed by atoms with E-state index in [4.69, 9.17) is 0 Å². The summed E-state index contributed by atoms with van der Waals surface area (Å²) in [6, 6.07) is 6.35. The fourth-order valence-electron chi connectivity index (χ4n) is 2.43. The summed E-state index contributed by atoms with van der Waals surface area (Å²) in [6.45, 7) is 9.34. The Morgan fingerprint density at radius 3 is 2.57 bits per heavy atom. The van der Waals surface area contributed by atoms with Gasteiger partial charge in [-0.05, 0) is 42.9 Å². The van der Waals surface area contributed by atoms with Crippen LogP contribution in [0.15, 0.2) is 24.5 Å². The van der Waals surface area contributed by atoms with Crippen LogP contribution in [0.4, 0.5) is 0 Å². The molecule has 0 aliphatic rings. The topological polar surface area (TPSA) is 50.9 Å². The molecule has 1 heterocycles. The maximum Gasteiger partial charge on any atom is 0.138 e. The summed E-state index contributed by atoms with van der Waals surface area (Å²) in [5.74, 6) is 1.38. The van der Waals surface area contributed by atoms with Gasteiger partial charge in [0.15, 0.2) is 0 Å². The summed E-state index contributed by atoms with van der Waals surface area (Å²) in [5, 5.41) is 14.5. The third-order valence-corrected chi connectivity index (χ3v) is 3.69. The van der Waals surface area contributed by atoms with Crippen molar-refractivity contribution in [3.63, 3.8) is 0 Å². The molecule has 4 nitrogen and oxygen atoms in total. The van der Waals surface area contributed by atoms with Gasteiger partial charge in [-0.25, -0.2) is 9.67 Å². The zero-order chi connectivity index (χ0) is 15.4. The molecule has 1 atom stereocenters. The normalized spacial score (nSPS) is 12.9. The first kappa shape index (κ1) is 15.7. The predicted molar refractivity (Wildman–Crippen MR) is 84.2 cm³/mol. The van der Waals surface area contributed by atoms with Crippen LogP contribution in [-0.4, -0.2) is 26.0 Å². The molecule has 2 rings (SSSR count). The van der Waals surface area contributed by atoms with Gasteiger partial charge in [0.05, 0.1) is 6.10 Å². The molecule has 0 fully saturated rings. The zero-order valence-electron chi connectivity index (χ0n) is 13.4. The molecule has 21 heavy (non-hydrogen) atoms. The van der Waals surface area contributed by atoms with Crippen molar-refractivity contribution in [1.82, 2.24) is 14.8 Å². The lowest BCUT2D eigenvalue weighted by molar-refractivity contribution is 0.170. The second-order valence-corrected chi connectivity index (χ2v) is 6.23. The van der Waals surface area contributed by atoms with Crippen LogP contribution in [0.2, 0.25) is 0 Å². The number of rotatable bonds is 6. The highest BCUT2D eigenvalue weighted by molar-refractivity contribution is 5.30. The molecule has 0 aliphatic carbocycles. The number of aryl methyl sites for hydroxylation is 2. The molecule has 1 aromatic heterocycles. The molecule has 2 aromatic rings. The van der Waals surface area contributed by atoms with Crippen molar-refractivity contribution < 1.29 is 5.11 Å². The van der Waals surface area contributed by atoms with E-state index in [-0.39, 0.29) is 0 Å². The Morgan fingerprint density at radius 1 is 1.14 bits per heavy atom.